The van der Waals surface area contributed by atoms with Crippen LogP contribution in [-0.4, -0.2) is 14.5 Å². The van der Waals surface area contributed by atoms with Crippen LogP contribution in [0.5, 0.6) is 0 Å². The van der Waals surface area contributed by atoms with Gasteiger partial charge in [0.05, 0.1) is 63.3 Å². The molecule has 0 fully saturated rings. The van der Waals surface area contributed by atoms with Crippen LogP contribution in [0.2, 0.25) is 0 Å². The van der Waals surface area contributed by atoms with E-state index in [1.165, 1.54) is 0 Å². The van der Waals surface area contributed by atoms with Gasteiger partial charge < -0.3 is 4.57 Å². The molecule has 0 atom stereocenters. The molecule has 0 aliphatic carbocycles. The highest BCUT2D eigenvalue weighted by Crippen LogP contribution is 2.39. The Bertz CT molecular complexity index is 2350. The van der Waals surface area contributed by atoms with Crippen LogP contribution in [0.1, 0.15) is 34.7 Å². The SMILES string of the molecule is CCc1cnc(-c2ccccc2-n2c3ccc(-c4cc(C#N)cc(C#N)c4)cc3c3cc(-c4cc(C#N)cc(C#N)c4)ccc32)nc1. The molecule has 0 bridgehead atoms. The standard InChI is InChI=1S/C40H23N7/c1-2-25-23-45-40(46-24-25)34-5-3-4-6-37(34)47-38-9-7-30(32-13-26(19-41)11-27(14-32)20-42)17-35(38)36-18-31(8-10-39(36)47)33-15-28(21-43)12-29(16-33)22-44/h3-18,23-24H,2H2,1H3. The second-order valence-corrected chi connectivity index (χ2v) is 11.1. The van der Waals surface area contributed by atoms with Crippen molar-refractivity contribution in [2.75, 3.05) is 0 Å². The van der Waals surface area contributed by atoms with Crippen molar-refractivity contribution in [1.29, 1.82) is 21.0 Å². The maximum absolute atomic E-state index is 9.62. The predicted octanol–water partition coefficient (Wildman–Crippen LogP) is 8.62. The number of rotatable bonds is 5. The highest BCUT2D eigenvalue weighted by molar-refractivity contribution is 6.12. The Kier molecular flexibility index (Phi) is 7.20. The molecule has 0 aliphatic rings. The number of nitrogens with zero attached hydrogens (tertiary/aromatic N) is 7. The zero-order chi connectivity index (χ0) is 32.5. The lowest BCUT2D eigenvalue weighted by atomic mass is 9.97. The zero-order valence-electron chi connectivity index (χ0n) is 25.2. The van der Waals surface area contributed by atoms with Gasteiger partial charge in [-0.2, -0.15) is 21.0 Å². The summed E-state index contributed by atoms with van der Waals surface area (Å²) in [5, 5.41) is 40.4. The molecule has 0 unspecified atom stereocenters. The van der Waals surface area contributed by atoms with E-state index >= 15 is 0 Å². The number of para-hydroxylation sites is 1. The normalized spacial score (nSPS) is 10.7. The van der Waals surface area contributed by atoms with Crippen molar-refractivity contribution in [2.45, 2.75) is 13.3 Å². The number of hydrogen-bond acceptors (Lipinski definition) is 6. The summed E-state index contributed by atoms with van der Waals surface area (Å²) < 4.78 is 2.20. The summed E-state index contributed by atoms with van der Waals surface area (Å²) in [5.41, 5.74) is 9.65. The second kappa shape index (κ2) is 11.8. The Hall–Kier alpha value is -7.06. The topological polar surface area (TPSA) is 126 Å². The summed E-state index contributed by atoms with van der Waals surface area (Å²) in [5.74, 6) is 0.621. The Balaban J connectivity index is 1.52. The molecule has 0 spiro atoms. The molecule has 0 N–H and O–H groups in total. The van der Waals surface area contributed by atoms with Gasteiger partial charge in [0.25, 0.3) is 0 Å². The first-order chi connectivity index (χ1) is 23.0. The van der Waals surface area contributed by atoms with Gasteiger partial charge in [0, 0.05) is 28.7 Å². The highest BCUT2D eigenvalue weighted by Gasteiger charge is 2.19. The molecule has 0 amide bonds. The van der Waals surface area contributed by atoms with Crippen LogP contribution in [-0.2, 0) is 6.42 Å². The minimum absolute atomic E-state index is 0.414. The van der Waals surface area contributed by atoms with E-state index in [4.69, 9.17) is 9.97 Å². The van der Waals surface area contributed by atoms with E-state index in [1.54, 1.807) is 36.4 Å². The van der Waals surface area contributed by atoms with Crippen molar-refractivity contribution in [1.82, 2.24) is 14.5 Å². The molecule has 0 saturated carbocycles. The van der Waals surface area contributed by atoms with E-state index in [9.17, 15) is 21.0 Å². The third-order valence-corrected chi connectivity index (χ3v) is 8.31. The molecule has 7 rings (SSSR count). The average molecular weight is 602 g/mol. The van der Waals surface area contributed by atoms with Gasteiger partial charge in [0.2, 0.25) is 0 Å². The molecule has 5 aromatic carbocycles. The van der Waals surface area contributed by atoms with Crippen LogP contribution in [0.15, 0.2) is 109 Å². The van der Waals surface area contributed by atoms with Gasteiger partial charge in [0.15, 0.2) is 5.82 Å². The molecule has 47 heavy (non-hydrogen) atoms. The molecular weight excluding hydrogens is 578 g/mol. The van der Waals surface area contributed by atoms with Gasteiger partial charge in [-0.15, -0.1) is 0 Å². The molecule has 7 heteroatoms. The molecule has 0 saturated heterocycles. The van der Waals surface area contributed by atoms with E-state index in [1.807, 2.05) is 42.7 Å². The average Bonchev–Trinajstić information content (AvgIpc) is 3.47. The molecule has 7 aromatic rings. The third kappa shape index (κ3) is 5.11. The van der Waals surface area contributed by atoms with Crippen molar-refractivity contribution in [3.63, 3.8) is 0 Å². The van der Waals surface area contributed by atoms with Crippen molar-refractivity contribution in [3.8, 4) is 63.6 Å². The Labute approximate surface area is 271 Å². The summed E-state index contributed by atoms with van der Waals surface area (Å²) in [6.45, 7) is 2.07. The van der Waals surface area contributed by atoms with E-state index in [-0.39, 0.29) is 0 Å². The predicted molar refractivity (Wildman–Crippen MR) is 181 cm³/mol. The fourth-order valence-corrected chi connectivity index (χ4v) is 6.02. The van der Waals surface area contributed by atoms with Gasteiger partial charge in [-0.1, -0.05) is 31.2 Å². The van der Waals surface area contributed by atoms with Crippen LogP contribution in [0.3, 0.4) is 0 Å². The monoisotopic (exact) mass is 601 g/mol. The summed E-state index contributed by atoms with van der Waals surface area (Å²) in [6, 6.07) is 39.3. The van der Waals surface area contributed by atoms with Crippen molar-refractivity contribution in [3.05, 3.63) is 137 Å². The van der Waals surface area contributed by atoms with Crippen LogP contribution in [0, 0.1) is 45.3 Å². The fraction of sp³-hybridized carbons (Fsp3) is 0.0500. The van der Waals surface area contributed by atoms with Gasteiger partial charge in [-0.05, 0) is 107 Å². The maximum atomic E-state index is 9.62. The van der Waals surface area contributed by atoms with Crippen molar-refractivity contribution in [2.24, 2.45) is 0 Å². The highest BCUT2D eigenvalue weighted by atomic mass is 15.0. The minimum Gasteiger partial charge on any atom is -0.309 e. The van der Waals surface area contributed by atoms with E-state index in [0.717, 1.165) is 67.3 Å². The van der Waals surface area contributed by atoms with E-state index < -0.39 is 0 Å². The lowest BCUT2D eigenvalue weighted by Crippen LogP contribution is -2.00. The smallest absolute Gasteiger partial charge is 0.161 e. The number of benzene rings is 5. The molecular formula is C40H23N7. The summed E-state index contributed by atoms with van der Waals surface area (Å²) >= 11 is 0. The van der Waals surface area contributed by atoms with Gasteiger partial charge in [0.1, 0.15) is 0 Å². The number of fused-ring (bicyclic) bond motifs is 3. The number of aromatic nitrogens is 3. The van der Waals surface area contributed by atoms with Gasteiger partial charge in [-0.25, -0.2) is 9.97 Å². The third-order valence-electron chi connectivity index (χ3n) is 8.31. The fourth-order valence-electron chi connectivity index (χ4n) is 6.02. The molecule has 2 aromatic heterocycles. The number of aryl methyl sites for hydroxylation is 1. The molecule has 7 nitrogen and oxygen atoms in total. The summed E-state index contributed by atoms with van der Waals surface area (Å²) in [7, 11) is 0. The second-order valence-electron chi connectivity index (χ2n) is 11.1. The molecule has 218 valence electrons. The first kappa shape index (κ1) is 28.7. The van der Waals surface area contributed by atoms with E-state index in [0.29, 0.717) is 28.1 Å². The lowest BCUT2D eigenvalue weighted by Gasteiger charge is -2.13. The minimum atomic E-state index is 0.414. The van der Waals surface area contributed by atoms with Crippen molar-refractivity contribution >= 4 is 21.8 Å². The molecule has 2 heterocycles. The van der Waals surface area contributed by atoms with Crippen LogP contribution in [0.25, 0.3) is 61.1 Å². The van der Waals surface area contributed by atoms with Crippen molar-refractivity contribution < 1.29 is 0 Å². The van der Waals surface area contributed by atoms with Crippen LogP contribution < -0.4 is 0 Å². The van der Waals surface area contributed by atoms with Crippen LogP contribution >= 0.6 is 0 Å². The summed E-state index contributed by atoms with van der Waals surface area (Å²) in [4.78, 5) is 9.39. The Morgan fingerprint density at radius 3 is 1.47 bits per heavy atom. The lowest BCUT2D eigenvalue weighted by molar-refractivity contribution is 1.05. The quantitative estimate of drug-likeness (QED) is 0.194. The Morgan fingerprint density at radius 1 is 0.553 bits per heavy atom. The van der Waals surface area contributed by atoms with Crippen LogP contribution in [0.4, 0.5) is 0 Å². The molecule has 0 aliphatic heterocycles. The maximum Gasteiger partial charge on any atom is 0.161 e. The van der Waals surface area contributed by atoms with E-state index in [2.05, 4.69) is 66.1 Å². The summed E-state index contributed by atoms with van der Waals surface area (Å²) in [6.07, 6.45) is 4.57. The zero-order valence-corrected chi connectivity index (χ0v) is 25.2. The Morgan fingerprint density at radius 2 is 1.02 bits per heavy atom. The molecule has 0 radical (unpaired) electrons. The number of nitriles is 4. The first-order valence-electron chi connectivity index (χ1n) is 14.9. The number of hydrogen-bond donors (Lipinski definition) is 0. The van der Waals surface area contributed by atoms with Gasteiger partial charge >= 0.3 is 0 Å². The first-order valence-corrected chi connectivity index (χ1v) is 14.9. The van der Waals surface area contributed by atoms with Gasteiger partial charge in [-0.3, -0.25) is 0 Å². The largest absolute Gasteiger partial charge is 0.309 e.